The summed E-state index contributed by atoms with van der Waals surface area (Å²) in [7, 11) is 0. The first-order valence-electron chi connectivity index (χ1n) is 3.98. The van der Waals surface area contributed by atoms with Crippen molar-refractivity contribution in [1.82, 2.24) is 10.6 Å². The minimum atomic E-state index is 0.0700. The van der Waals surface area contributed by atoms with Gasteiger partial charge in [0.05, 0.1) is 6.04 Å². The van der Waals surface area contributed by atoms with Gasteiger partial charge in [-0.25, -0.2) is 0 Å². The van der Waals surface area contributed by atoms with Gasteiger partial charge in [-0.2, -0.15) is 0 Å². The Kier molecular flexibility index (Phi) is 2.05. The van der Waals surface area contributed by atoms with E-state index in [0.29, 0.717) is 6.04 Å². The van der Waals surface area contributed by atoms with Crippen molar-refractivity contribution in [3.8, 4) is 0 Å². The van der Waals surface area contributed by atoms with Crippen LogP contribution in [0.2, 0.25) is 0 Å². The normalized spacial score (nSPS) is 30.4. The quantitative estimate of drug-likeness (QED) is 0.612. The average Bonchev–Trinajstić information content (AvgIpc) is 2.67. The smallest absolute Gasteiger partial charge is 0.238 e. The van der Waals surface area contributed by atoms with E-state index in [4.69, 9.17) is 0 Å². The largest absolute Gasteiger partial charge is 0.352 e. The number of nitrogens with one attached hydrogen (secondary N) is 2. The van der Waals surface area contributed by atoms with E-state index in [2.05, 4.69) is 10.6 Å². The molecule has 0 bridgehead atoms. The van der Waals surface area contributed by atoms with E-state index in [1.165, 1.54) is 12.8 Å². The van der Waals surface area contributed by atoms with Crippen LogP contribution in [0.1, 0.15) is 12.8 Å². The van der Waals surface area contributed by atoms with Crippen molar-refractivity contribution in [2.75, 3.05) is 11.6 Å². The summed E-state index contributed by atoms with van der Waals surface area (Å²) < 4.78 is 0. The van der Waals surface area contributed by atoms with E-state index in [9.17, 15) is 4.79 Å². The van der Waals surface area contributed by atoms with Crippen LogP contribution >= 0.6 is 11.8 Å². The Bertz CT molecular complexity index is 164. The van der Waals surface area contributed by atoms with Crippen molar-refractivity contribution in [1.29, 1.82) is 0 Å². The van der Waals surface area contributed by atoms with Crippen LogP contribution in [0.3, 0.4) is 0 Å². The third-order valence-electron chi connectivity index (χ3n) is 1.96. The molecule has 1 aliphatic carbocycles. The average molecular weight is 172 g/mol. The molecule has 1 saturated heterocycles. The summed E-state index contributed by atoms with van der Waals surface area (Å²) >= 11 is 1.79. The zero-order chi connectivity index (χ0) is 7.68. The van der Waals surface area contributed by atoms with Crippen LogP contribution in [0.4, 0.5) is 0 Å². The maximum Gasteiger partial charge on any atom is 0.238 e. The SMILES string of the molecule is O=C(NC1CC1)[C@H]1CSCN1. The van der Waals surface area contributed by atoms with E-state index in [1.54, 1.807) is 11.8 Å². The Labute approximate surface area is 70.3 Å². The molecule has 1 amide bonds. The van der Waals surface area contributed by atoms with Crippen molar-refractivity contribution in [3.63, 3.8) is 0 Å². The molecule has 0 aromatic carbocycles. The predicted molar refractivity (Wildman–Crippen MR) is 45.4 cm³/mol. The van der Waals surface area contributed by atoms with Crippen molar-refractivity contribution in [2.24, 2.45) is 0 Å². The zero-order valence-electron chi connectivity index (χ0n) is 6.30. The van der Waals surface area contributed by atoms with Crippen molar-refractivity contribution < 1.29 is 4.79 Å². The van der Waals surface area contributed by atoms with Crippen LogP contribution in [0.15, 0.2) is 0 Å². The van der Waals surface area contributed by atoms with Gasteiger partial charge in [0.25, 0.3) is 0 Å². The summed E-state index contributed by atoms with van der Waals surface area (Å²) in [6.07, 6.45) is 2.34. The highest BCUT2D eigenvalue weighted by molar-refractivity contribution is 7.99. The minimum Gasteiger partial charge on any atom is -0.352 e. The Morgan fingerprint density at radius 2 is 2.36 bits per heavy atom. The molecule has 3 nitrogen and oxygen atoms in total. The first-order valence-corrected chi connectivity index (χ1v) is 5.13. The van der Waals surface area contributed by atoms with Crippen LogP contribution in [0.25, 0.3) is 0 Å². The van der Waals surface area contributed by atoms with Crippen LogP contribution in [-0.2, 0) is 4.79 Å². The standard InChI is InChI=1S/C7H12N2OS/c10-7(9-5-1-2-5)6-3-11-4-8-6/h5-6,8H,1-4H2,(H,9,10)/t6-/m1/s1. The number of carbonyl (C=O) groups is 1. The molecule has 2 aliphatic rings. The molecule has 4 heteroatoms. The molecule has 0 radical (unpaired) electrons. The summed E-state index contributed by atoms with van der Waals surface area (Å²) in [5, 5.41) is 6.12. The molecule has 0 aromatic rings. The van der Waals surface area contributed by atoms with E-state index in [0.717, 1.165) is 11.6 Å². The molecular weight excluding hydrogens is 160 g/mol. The first kappa shape index (κ1) is 7.43. The predicted octanol–water partition coefficient (Wildman–Crippen LogP) is -0.0725. The lowest BCUT2D eigenvalue weighted by atomic mass is 10.3. The van der Waals surface area contributed by atoms with Gasteiger partial charge >= 0.3 is 0 Å². The Balaban J connectivity index is 1.77. The van der Waals surface area contributed by atoms with Crippen LogP contribution < -0.4 is 10.6 Å². The summed E-state index contributed by atoms with van der Waals surface area (Å²) in [6, 6.07) is 0.565. The fraction of sp³-hybridized carbons (Fsp3) is 0.857. The zero-order valence-corrected chi connectivity index (χ0v) is 7.12. The third kappa shape index (κ3) is 1.87. The van der Waals surface area contributed by atoms with E-state index < -0.39 is 0 Å². The lowest BCUT2D eigenvalue weighted by molar-refractivity contribution is -0.122. The molecule has 1 aliphatic heterocycles. The minimum absolute atomic E-state index is 0.0700. The van der Waals surface area contributed by atoms with Gasteiger partial charge < -0.3 is 5.32 Å². The second-order valence-electron chi connectivity index (χ2n) is 3.05. The third-order valence-corrected chi connectivity index (χ3v) is 2.90. The summed E-state index contributed by atoms with van der Waals surface area (Å²) in [6.45, 7) is 0. The maximum atomic E-state index is 11.3. The second-order valence-corrected chi connectivity index (χ2v) is 4.08. The number of hydrogen-bond acceptors (Lipinski definition) is 3. The van der Waals surface area contributed by atoms with Gasteiger partial charge in [-0.15, -0.1) is 11.8 Å². The summed E-state index contributed by atoms with van der Waals surface area (Å²) in [4.78, 5) is 11.3. The topological polar surface area (TPSA) is 41.1 Å². The molecule has 2 rings (SSSR count). The van der Waals surface area contributed by atoms with Crippen molar-refractivity contribution in [3.05, 3.63) is 0 Å². The van der Waals surface area contributed by atoms with Crippen LogP contribution in [-0.4, -0.2) is 29.6 Å². The van der Waals surface area contributed by atoms with Crippen LogP contribution in [0.5, 0.6) is 0 Å². The molecule has 0 aromatic heterocycles. The van der Waals surface area contributed by atoms with Crippen molar-refractivity contribution in [2.45, 2.75) is 24.9 Å². The van der Waals surface area contributed by atoms with E-state index in [1.807, 2.05) is 0 Å². The van der Waals surface area contributed by atoms with Gasteiger partial charge in [0, 0.05) is 17.7 Å². The lowest BCUT2D eigenvalue weighted by Crippen LogP contribution is -2.42. The second kappa shape index (κ2) is 3.03. The molecule has 62 valence electrons. The van der Waals surface area contributed by atoms with Gasteiger partial charge in [0.15, 0.2) is 0 Å². The number of thioether (sulfide) groups is 1. The van der Waals surface area contributed by atoms with Crippen LogP contribution in [0, 0.1) is 0 Å². The number of carbonyl (C=O) groups excluding carboxylic acids is 1. The Morgan fingerprint density at radius 1 is 1.55 bits per heavy atom. The molecule has 2 N–H and O–H groups in total. The van der Waals surface area contributed by atoms with Gasteiger partial charge in [-0.05, 0) is 12.8 Å². The molecule has 11 heavy (non-hydrogen) atoms. The first-order chi connectivity index (χ1) is 5.36. The Hall–Kier alpha value is -0.220. The van der Waals surface area contributed by atoms with Gasteiger partial charge in [0.1, 0.15) is 0 Å². The molecular formula is C7H12N2OS. The van der Waals surface area contributed by atoms with Gasteiger partial charge in [-0.3, -0.25) is 10.1 Å². The van der Waals surface area contributed by atoms with Crippen molar-refractivity contribution >= 4 is 17.7 Å². The molecule has 0 spiro atoms. The highest BCUT2D eigenvalue weighted by atomic mass is 32.2. The lowest BCUT2D eigenvalue weighted by Gasteiger charge is -2.08. The monoisotopic (exact) mass is 172 g/mol. The fourth-order valence-electron chi connectivity index (χ4n) is 1.09. The fourth-order valence-corrected chi connectivity index (χ4v) is 2.03. The maximum absolute atomic E-state index is 11.3. The Morgan fingerprint density at radius 3 is 2.91 bits per heavy atom. The molecule has 0 unspecified atom stereocenters. The molecule has 1 saturated carbocycles. The van der Waals surface area contributed by atoms with E-state index >= 15 is 0 Å². The number of rotatable bonds is 2. The molecule has 1 heterocycles. The highest BCUT2D eigenvalue weighted by Gasteiger charge is 2.28. The van der Waals surface area contributed by atoms with Gasteiger partial charge in [0.2, 0.25) is 5.91 Å². The molecule has 1 atom stereocenters. The highest BCUT2D eigenvalue weighted by Crippen LogP contribution is 2.19. The number of hydrogen-bond donors (Lipinski definition) is 2. The van der Waals surface area contributed by atoms with Gasteiger partial charge in [-0.1, -0.05) is 0 Å². The molecule has 2 fully saturated rings. The summed E-state index contributed by atoms with van der Waals surface area (Å²) in [5.41, 5.74) is 0. The summed E-state index contributed by atoms with van der Waals surface area (Å²) in [5.74, 6) is 2.04. The number of amides is 1. The van der Waals surface area contributed by atoms with E-state index in [-0.39, 0.29) is 11.9 Å².